The Morgan fingerprint density at radius 2 is 1.71 bits per heavy atom. The van der Waals surface area contributed by atoms with Gasteiger partial charge in [-0.3, -0.25) is 9.59 Å². The Morgan fingerprint density at radius 3 is 2.45 bits per heavy atom. The lowest BCUT2D eigenvalue weighted by Gasteiger charge is -2.46. The number of fused-ring (bicyclic) bond motifs is 1. The van der Waals surface area contributed by atoms with E-state index in [0.717, 1.165) is 51.9 Å². The number of amides is 2. The fourth-order valence-corrected chi connectivity index (χ4v) is 5.15. The molecule has 4 atom stereocenters. The van der Waals surface area contributed by atoms with Gasteiger partial charge in [-0.2, -0.15) is 0 Å². The zero-order valence-electron chi connectivity index (χ0n) is 18.6. The SMILES string of the molecule is CN1CCN(C(=O)C[C@@H]2CC[C@H]3[C@@H](COC[C@H](O)CN3C(=O)C3CCOCC3)O2)CC1. The van der Waals surface area contributed by atoms with Gasteiger partial charge in [-0.15, -0.1) is 0 Å². The third-order valence-corrected chi connectivity index (χ3v) is 7.09. The number of carbonyl (C=O) groups is 2. The summed E-state index contributed by atoms with van der Waals surface area (Å²) in [5.74, 6) is 0.183. The summed E-state index contributed by atoms with van der Waals surface area (Å²) in [6.45, 7) is 5.35. The van der Waals surface area contributed by atoms with Crippen LogP contribution in [0.5, 0.6) is 0 Å². The van der Waals surface area contributed by atoms with Crippen LogP contribution in [0.15, 0.2) is 0 Å². The molecule has 176 valence electrons. The van der Waals surface area contributed by atoms with E-state index in [-0.39, 0.29) is 49.1 Å². The van der Waals surface area contributed by atoms with Crippen molar-refractivity contribution in [3.63, 3.8) is 0 Å². The Morgan fingerprint density at radius 1 is 0.968 bits per heavy atom. The van der Waals surface area contributed by atoms with Gasteiger partial charge in [0.05, 0.1) is 37.9 Å². The molecule has 9 nitrogen and oxygen atoms in total. The molecule has 0 bridgehead atoms. The number of rotatable bonds is 3. The Kier molecular flexibility index (Phi) is 7.81. The zero-order chi connectivity index (χ0) is 21.8. The Labute approximate surface area is 184 Å². The highest BCUT2D eigenvalue weighted by molar-refractivity contribution is 5.79. The summed E-state index contributed by atoms with van der Waals surface area (Å²) in [6, 6.07) is -0.125. The third kappa shape index (κ3) is 5.76. The van der Waals surface area contributed by atoms with Crippen molar-refractivity contribution < 1.29 is 28.9 Å². The Bertz CT molecular complexity index is 620. The van der Waals surface area contributed by atoms with Crippen LogP contribution in [0.4, 0.5) is 0 Å². The summed E-state index contributed by atoms with van der Waals surface area (Å²) in [7, 11) is 2.07. The smallest absolute Gasteiger partial charge is 0.226 e. The zero-order valence-corrected chi connectivity index (χ0v) is 18.6. The number of ether oxygens (including phenoxy) is 3. The van der Waals surface area contributed by atoms with Crippen molar-refractivity contribution in [2.24, 2.45) is 5.92 Å². The summed E-state index contributed by atoms with van der Waals surface area (Å²) >= 11 is 0. The maximum Gasteiger partial charge on any atom is 0.226 e. The van der Waals surface area contributed by atoms with Crippen molar-refractivity contribution >= 4 is 11.8 Å². The molecule has 4 fully saturated rings. The molecular formula is C22H37N3O6. The molecule has 0 spiro atoms. The van der Waals surface area contributed by atoms with E-state index in [1.54, 1.807) is 0 Å². The van der Waals surface area contributed by atoms with Crippen LogP contribution in [0, 0.1) is 5.92 Å². The number of aliphatic hydroxyl groups excluding tert-OH is 1. The van der Waals surface area contributed by atoms with Crippen LogP contribution in [-0.2, 0) is 23.8 Å². The Balaban J connectivity index is 1.38. The first-order valence-electron chi connectivity index (χ1n) is 11.8. The van der Waals surface area contributed by atoms with E-state index in [4.69, 9.17) is 14.2 Å². The topological polar surface area (TPSA) is 91.8 Å². The van der Waals surface area contributed by atoms with Gasteiger partial charge in [-0.25, -0.2) is 0 Å². The number of piperazine rings is 1. The molecule has 0 unspecified atom stereocenters. The minimum absolute atomic E-state index is 0.0570. The number of likely N-dealkylation sites (N-methyl/N-ethyl adjacent to an activating group) is 1. The lowest BCUT2D eigenvalue weighted by molar-refractivity contribution is -0.174. The van der Waals surface area contributed by atoms with Gasteiger partial charge in [0.1, 0.15) is 6.10 Å². The first-order chi connectivity index (χ1) is 15.0. The minimum Gasteiger partial charge on any atom is -0.389 e. The molecule has 4 rings (SSSR count). The van der Waals surface area contributed by atoms with E-state index < -0.39 is 6.10 Å². The molecule has 4 heterocycles. The molecule has 4 aliphatic rings. The lowest BCUT2D eigenvalue weighted by Crippen LogP contribution is -2.59. The quantitative estimate of drug-likeness (QED) is 0.646. The average Bonchev–Trinajstić information content (AvgIpc) is 2.77. The number of nitrogens with zero attached hydrogens (tertiary/aromatic N) is 3. The second-order valence-corrected chi connectivity index (χ2v) is 9.40. The number of hydrogen-bond donors (Lipinski definition) is 1. The fourth-order valence-electron chi connectivity index (χ4n) is 5.15. The molecule has 0 aromatic heterocycles. The van der Waals surface area contributed by atoms with Gasteiger partial charge in [-0.1, -0.05) is 0 Å². The highest BCUT2D eigenvalue weighted by atomic mass is 16.5. The summed E-state index contributed by atoms with van der Waals surface area (Å²) in [5.41, 5.74) is 0. The molecule has 9 heteroatoms. The number of β-amino-alcohol motifs (C(OH)–C–C–N with tert-alkyl or cyclic N) is 1. The van der Waals surface area contributed by atoms with Gasteiger partial charge in [-0.05, 0) is 32.7 Å². The monoisotopic (exact) mass is 439 g/mol. The normalized spacial score (nSPS) is 34.0. The van der Waals surface area contributed by atoms with Crippen LogP contribution < -0.4 is 0 Å². The number of aliphatic hydroxyl groups is 1. The van der Waals surface area contributed by atoms with Gasteiger partial charge < -0.3 is 34.0 Å². The highest BCUT2D eigenvalue weighted by Gasteiger charge is 2.42. The van der Waals surface area contributed by atoms with Crippen LogP contribution in [0.1, 0.15) is 32.1 Å². The molecule has 0 aliphatic carbocycles. The predicted molar refractivity (Wildman–Crippen MR) is 112 cm³/mol. The van der Waals surface area contributed by atoms with Crippen molar-refractivity contribution in [1.29, 1.82) is 0 Å². The summed E-state index contributed by atoms with van der Waals surface area (Å²) < 4.78 is 17.4. The average molecular weight is 440 g/mol. The standard InChI is InChI=1S/C22H37N3O6/c1-23-6-8-24(9-7-23)21(27)12-18-2-3-19-20(31-18)15-30-14-17(26)13-25(19)22(28)16-4-10-29-11-5-16/h16-20,26H,2-15H2,1H3/t17-,18+,19+,20-/m1/s1. The highest BCUT2D eigenvalue weighted by Crippen LogP contribution is 2.30. The van der Waals surface area contributed by atoms with Crippen molar-refractivity contribution in [2.45, 2.75) is 56.5 Å². The summed E-state index contributed by atoms with van der Waals surface area (Å²) in [4.78, 5) is 32.1. The van der Waals surface area contributed by atoms with Crippen molar-refractivity contribution in [3.05, 3.63) is 0 Å². The van der Waals surface area contributed by atoms with E-state index in [0.29, 0.717) is 26.2 Å². The maximum absolute atomic E-state index is 13.3. The molecule has 4 saturated heterocycles. The van der Waals surface area contributed by atoms with E-state index in [9.17, 15) is 14.7 Å². The summed E-state index contributed by atoms with van der Waals surface area (Å²) in [5, 5.41) is 10.3. The molecule has 0 aromatic carbocycles. The molecule has 1 N–H and O–H groups in total. The summed E-state index contributed by atoms with van der Waals surface area (Å²) in [6.07, 6.45) is 2.21. The molecule has 0 aromatic rings. The third-order valence-electron chi connectivity index (χ3n) is 7.09. The first kappa shape index (κ1) is 22.9. The van der Waals surface area contributed by atoms with Crippen LogP contribution in [0.25, 0.3) is 0 Å². The van der Waals surface area contributed by atoms with Gasteiger partial charge in [0, 0.05) is 51.9 Å². The van der Waals surface area contributed by atoms with Gasteiger partial charge in [0.15, 0.2) is 0 Å². The molecule has 0 saturated carbocycles. The molecule has 0 radical (unpaired) electrons. The second-order valence-electron chi connectivity index (χ2n) is 9.40. The first-order valence-corrected chi connectivity index (χ1v) is 11.8. The van der Waals surface area contributed by atoms with Crippen LogP contribution in [0.2, 0.25) is 0 Å². The number of hydrogen-bond acceptors (Lipinski definition) is 7. The number of carbonyl (C=O) groups excluding carboxylic acids is 2. The molecule has 31 heavy (non-hydrogen) atoms. The van der Waals surface area contributed by atoms with Crippen LogP contribution >= 0.6 is 0 Å². The van der Waals surface area contributed by atoms with E-state index in [1.807, 2.05) is 9.80 Å². The Hall–Kier alpha value is -1.26. The van der Waals surface area contributed by atoms with Crippen molar-refractivity contribution in [3.8, 4) is 0 Å². The largest absolute Gasteiger partial charge is 0.389 e. The minimum atomic E-state index is -0.693. The van der Waals surface area contributed by atoms with Crippen LogP contribution in [0.3, 0.4) is 0 Å². The van der Waals surface area contributed by atoms with Gasteiger partial charge in [0.2, 0.25) is 11.8 Å². The predicted octanol–water partition coefficient (Wildman–Crippen LogP) is -0.287. The van der Waals surface area contributed by atoms with Gasteiger partial charge >= 0.3 is 0 Å². The second kappa shape index (κ2) is 10.6. The van der Waals surface area contributed by atoms with Gasteiger partial charge in [0.25, 0.3) is 0 Å². The fraction of sp³-hybridized carbons (Fsp3) is 0.909. The molecular weight excluding hydrogens is 402 g/mol. The van der Waals surface area contributed by atoms with Crippen molar-refractivity contribution in [1.82, 2.24) is 14.7 Å². The van der Waals surface area contributed by atoms with E-state index in [1.165, 1.54) is 0 Å². The lowest BCUT2D eigenvalue weighted by atomic mass is 9.91. The maximum atomic E-state index is 13.3. The van der Waals surface area contributed by atoms with Crippen molar-refractivity contribution in [2.75, 3.05) is 66.2 Å². The van der Waals surface area contributed by atoms with Crippen LogP contribution in [-0.4, -0.2) is 122 Å². The van der Waals surface area contributed by atoms with E-state index >= 15 is 0 Å². The van der Waals surface area contributed by atoms with E-state index in [2.05, 4.69) is 11.9 Å². The molecule has 4 aliphatic heterocycles. The molecule has 2 amide bonds.